The van der Waals surface area contributed by atoms with Gasteiger partial charge >= 0.3 is 0 Å². The third-order valence-electron chi connectivity index (χ3n) is 3.50. The van der Waals surface area contributed by atoms with E-state index in [0.717, 1.165) is 12.1 Å². The van der Waals surface area contributed by atoms with E-state index < -0.39 is 21.7 Å². The molecule has 6 nitrogen and oxygen atoms in total. The first-order valence-electron chi connectivity index (χ1n) is 7.46. The van der Waals surface area contributed by atoms with Gasteiger partial charge in [0.2, 0.25) is 0 Å². The highest BCUT2D eigenvalue weighted by Crippen LogP contribution is 2.24. The fourth-order valence-corrected chi connectivity index (χ4v) is 4.17. The molecule has 3 rings (SSSR count). The van der Waals surface area contributed by atoms with Gasteiger partial charge in [0.25, 0.3) is 15.9 Å². The molecule has 0 aliphatic rings. The number of nitrogens with zero attached hydrogens (tertiary/aromatic N) is 1. The van der Waals surface area contributed by atoms with Crippen LogP contribution in [0.1, 0.15) is 15.9 Å². The van der Waals surface area contributed by atoms with Crippen LogP contribution in [0.25, 0.3) is 0 Å². The average molecular weight is 391 g/mol. The van der Waals surface area contributed by atoms with E-state index in [2.05, 4.69) is 15.0 Å². The lowest BCUT2D eigenvalue weighted by Crippen LogP contribution is -2.19. The molecule has 26 heavy (non-hydrogen) atoms. The van der Waals surface area contributed by atoms with Crippen LogP contribution in [0.3, 0.4) is 0 Å². The smallest absolute Gasteiger partial charge is 0.262 e. The van der Waals surface area contributed by atoms with E-state index in [-0.39, 0.29) is 21.7 Å². The second-order valence-corrected chi connectivity index (χ2v) is 7.90. The lowest BCUT2D eigenvalue weighted by molar-refractivity contribution is 0.102. The van der Waals surface area contributed by atoms with Crippen molar-refractivity contribution in [3.8, 4) is 0 Å². The third-order valence-corrected chi connectivity index (χ3v) is 5.71. The maximum absolute atomic E-state index is 13.2. The average Bonchev–Trinajstić information content (AvgIpc) is 3.07. The number of aryl methyl sites for hydroxylation is 1. The van der Waals surface area contributed by atoms with Gasteiger partial charge in [0.1, 0.15) is 5.82 Å². The number of carbonyl (C=O) groups excluding carboxylic acids is 1. The Bertz CT molecular complexity index is 1050. The SMILES string of the molecule is Cc1cc(F)ccc1S(=O)(=O)Nc1ccccc1C(=O)Nc1nccs1. The van der Waals surface area contributed by atoms with Gasteiger partial charge in [0, 0.05) is 11.6 Å². The molecular weight excluding hydrogens is 377 g/mol. The molecule has 0 atom stereocenters. The minimum atomic E-state index is -3.99. The number of sulfonamides is 1. The van der Waals surface area contributed by atoms with Gasteiger partial charge in [0.15, 0.2) is 5.13 Å². The van der Waals surface area contributed by atoms with Crippen LogP contribution >= 0.6 is 11.3 Å². The van der Waals surface area contributed by atoms with Crippen molar-refractivity contribution in [3.05, 3.63) is 71.0 Å². The van der Waals surface area contributed by atoms with E-state index in [1.165, 1.54) is 36.5 Å². The summed E-state index contributed by atoms with van der Waals surface area (Å²) < 4.78 is 40.9. The van der Waals surface area contributed by atoms with Crippen molar-refractivity contribution in [3.63, 3.8) is 0 Å². The monoisotopic (exact) mass is 391 g/mol. The number of halogens is 1. The van der Waals surface area contributed by atoms with Crippen LogP contribution in [-0.2, 0) is 10.0 Å². The maximum Gasteiger partial charge on any atom is 0.262 e. The fourth-order valence-electron chi connectivity index (χ4n) is 2.33. The van der Waals surface area contributed by atoms with Crippen LogP contribution in [-0.4, -0.2) is 19.3 Å². The van der Waals surface area contributed by atoms with Crippen molar-refractivity contribution in [2.24, 2.45) is 0 Å². The quantitative estimate of drug-likeness (QED) is 0.695. The fraction of sp³-hybridized carbons (Fsp3) is 0.0588. The third kappa shape index (κ3) is 3.89. The molecule has 1 heterocycles. The molecule has 2 N–H and O–H groups in total. The molecule has 9 heteroatoms. The molecule has 0 bridgehead atoms. The van der Waals surface area contributed by atoms with Crippen molar-refractivity contribution >= 4 is 38.1 Å². The number of rotatable bonds is 5. The number of aromatic nitrogens is 1. The lowest BCUT2D eigenvalue weighted by Gasteiger charge is -2.13. The van der Waals surface area contributed by atoms with Gasteiger partial charge < -0.3 is 0 Å². The van der Waals surface area contributed by atoms with Crippen molar-refractivity contribution < 1.29 is 17.6 Å². The summed E-state index contributed by atoms with van der Waals surface area (Å²) in [5, 5.41) is 4.72. The molecule has 0 saturated heterocycles. The van der Waals surface area contributed by atoms with Crippen LogP contribution < -0.4 is 10.0 Å². The molecule has 0 unspecified atom stereocenters. The predicted octanol–water partition coefficient (Wildman–Crippen LogP) is 3.64. The van der Waals surface area contributed by atoms with Gasteiger partial charge in [-0.15, -0.1) is 11.3 Å². The zero-order valence-electron chi connectivity index (χ0n) is 13.6. The maximum atomic E-state index is 13.2. The summed E-state index contributed by atoms with van der Waals surface area (Å²) in [6, 6.07) is 9.60. The zero-order chi connectivity index (χ0) is 18.7. The number of thiazole rings is 1. The van der Waals surface area contributed by atoms with Gasteiger partial charge in [-0.25, -0.2) is 17.8 Å². The van der Waals surface area contributed by atoms with Crippen LogP contribution in [0.5, 0.6) is 0 Å². The van der Waals surface area contributed by atoms with Gasteiger partial charge in [-0.05, 0) is 42.8 Å². The number of carbonyl (C=O) groups is 1. The first-order valence-corrected chi connectivity index (χ1v) is 9.82. The number of hydrogen-bond acceptors (Lipinski definition) is 5. The molecule has 3 aromatic rings. The number of hydrogen-bond donors (Lipinski definition) is 2. The highest BCUT2D eigenvalue weighted by Gasteiger charge is 2.21. The number of anilines is 2. The highest BCUT2D eigenvalue weighted by molar-refractivity contribution is 7.92. The summed E-state index contributed by atoms with van der Waals surface area (Å²) >= 11 is 1.25. The summed E-state index contributed by atoms with van der Waals surface area (Å²) in [7, 11) is -3.99. The molecule has 1 amide bonds. The van der Waals surface area contributed by atoms with Crippen molar-refractivity contribution in [1.29, 1.82) is 0 Å². The summed E-state index contributed by atoms with van der Waals surface area (Å²) in [6.07, 6.45) is 1.55. The van der Waals surface area contributed by atoms with E-state index in [0.29, 0.717) is 5.13 Å². The van der Waals surface area contributed by atoms with Crippen LogP contribution in [0.15, 0.2) is 58.9 Å². The number of amides is 1. The van der Waals surface area contributed by atoms with E-state index in [1.807, 2.05) is 0 Å². The predicted molar refractivity (Wildman–Crippen MR) is 98.5 cm³/mol. The summed E-state index contributed by atoms with van der Waals surface area (Å²) in [5.41, 5.74) is 0.526. The molecule has 0 fully saturated rings. The summed E-state index contributed by atoms with van der Waals surface area (Å²) in [6.45, 7) is 1.50. The van der Waals surface area contributed by atoms with E-state index in [9.17, 15) is 17.6 Å². The van der Waals surface area contributed by atoms with E-state index in [1.54, 1.807) is 23.7 Å². The second kappa shape index (κ2) is 7.22. The normalized spacial score (nSPS) is 11.2. The Hall–Kier alpha value is -2.78. The van der Waals surface area contributed by atoms with Gasteiger partial charge in [-0.3, -0.25) is 14.8 Å². The molecule has 2 aromatic carbocycles. The van der Waals surface area contributed by atoms with Gasteiger partial charge in [-0.2, -0.15) is 0 Å². The second-order valence-electron chi connectivity index (χ2n) is 5.35. The molecule has 1 aromatic heterocycles. The van der Waals surface area contributed by atoms with E-state index >= 15 is 0 Å². The van der Waals surface area contributed by atoms with Crippen LogP contribution in [0.2, 0.25) is 0 Å². The first kappa shape index (κ1) is 18.0. The summed E-state index contributed by atoms with van der Waals surface area (Å²) in [5.74, 6) is -1.02. The molecule has 0 spiro atoms. The van der Waals surface area contributed by atoms with Crippen molar-refractivity contribution in [1.82, 2.24) is 4.98 Å². The number of para-hydroxylation sites is 1. The Balaban J connectivity index is 1.91. The van der Waals surface area contributed by atoms with Crippen LogP contribution in [0, 0.1) is 12.7 Å². The minimum absolute atomic E-state index is 0.0611. The van der Waals surface area contributed by atoms with E-state index in [4.69, 9.17) is 0 Å². The topological polar surface area (TPSA) is 88.2 Å². The Morgan fingerprint density at radius 1 is 1.19 bits per heavy atom. The number of nitrogens with one attached hydrogen (secondary N) is 2. The van der Waals surface area contributed by atoms with Crippen LogP contribution in [0.4, 0.5) is 15.2 Å². The molecule has 0 aliphatic carbocycles. The minimum Gasteiger partial charge on any atom is -0.298 e. The molecule has 0 radical (unpaired) electrons. The van der Waals surface area contributed by atoms with Crippen molar-refractivity contribution in [2.45, 2.75) is 11.8 Å². The zero-order valence-corrected chi connectivity index (χ0v) is 15.2. The number of benzene rings is 2. The first-order chi connectivity index (χ1) is 12.4. The molecule has 0 aliphatic heterocycles. The molecular formula is C17H14FN3O3S2. The standard InChI is InChI=1S/C17H14FN3O3S2/c1-11-10-12(18)6-7-15(11)26(23,24)21-14-5-3-2-4-13(14)16(22)20-17-19-8-9-25-17/h2-10,21H,1H3,(H,19,20,22). The van der Waals surface area contributed by atoms with Gasteiger partial charge in [-0.1, -0.05) is 12.1 Å². The molecule has 0 saturated carbocycles. The van der Waals surface area contributed by atoms with Crippen molar-refractivity contribution in [2.75, 3.05) is 10.0 Å². The summed E-state index contributed by atoms with van der Waals surface area (Å²) in [4.78, 5) is 16.3. The highest BCUT2D eigenvalue weighted by atomic mass is 32.2. The Kier molecular flexibility index (Phi) is 5.01. The lowest BCUT2D eigenvalue weighted by atomic mass is 10.2. The van der Waals surface area contributed by atoms with Gasteiger partial charge in [0.05, 0.1) is 16.1 Å². The Morgan fingerprint density at radius 2 is 1.96 bits per heavy atom. The Morgan fingerprint density at radius 3 is 2.65 bits per heavy atom. The molecule has 134 valence electrons. The largest absolute Gasteiger partial charge is 0.298 e. The Labute approximate surface area is 153 Å².